The zero-order chi connectivity index (χ0) is 20.5. The quantitative estimate of drug-likeness (QED) is 0.419. The van der Waals surface area contributed by atoms with Crippen molar-refractivity contribution in [2.75, 3.05) is 31.1 Å². The van der Waals surface area contributed by atoms with Crippen LogP contribution in [0.15, 0.2) is 24.3 Å². The third-order valence-electron chi connectivity index (χ3n) is 4.48. The Bertz CT molecular complexity index is 867. The number of carbonyl (C=O) groups is 1. The molecule has 2 aromatic rings. The number of rotatable bonds is 4. The molecule has 0 unspecified atom stereocenters. The molecule has 0 N–H and O–H groups in total. The zero-order valence-corrected chi connectivity index (χ0v) is 18.2. The number of halogens is 6. The molecule has 1 aromatic heterocycles. The van der Waals surface area contributed by atoms with Gasteiger partial charge in [0.05, 0.1) is 10.7 Å². The number of anilines is 1. The lowest BCUT2D eigenvalue weighted by Crippen LogP contribution is -2.49. The zero-order valence-electron chi connectivity index (χ0n) is 14.5. The minimum Gasteiger partial charge on any atom is -0.368 e. The van der Waals surface area contributed by atoms with Gasteiger partial charge in [-0.2, -0.15) is 18.3 Å². The molecule has 1 fully saturated rings. The Kier molecular flexibility index (Phi) is 6.65. The Hall–Kier alpha value is -1.20. The lowest BCUT2D eigenvalue weighted by atomic mass is 10.2. The van der Waals surface area contributed by atoms with Crippen molar-refractivity contribution in [2.45, 2.75) is 17.1 Å². The smallest absolute Gasteiger partial charge is 0.368 e. The maximum Gasteiger partial charge on any atom is 0.436 e. The fourth-order valence-corrected chi connectivity index (χ4v) is 4.52. The van der Waals surface area contributed by atoms with E-state index >= 15 is 0 Å². The molecular weight excluding hydrogens is 531 g/mol. The van der Waals surface area contributed by atoms with Crippen molar-refractivity contribution in [3.8, 4) is 0 Å². The van der Waals surface area contributed by atoms with Gasteiger partial charge >= 0.3 is 6.18 Å². The fourth-order valence-electron chi connectivity index (χ4n) is 3.03. The van der Waals surface area contributed by atoms with Gasteiger partial charge in [-0.05, 0) is 18.2 Å². The topological polar surface area (TPSA) is 41.4 Å². The molecule has 1 amide bonds. The van der Waals surface area contributed by atoms with Crippen molar-refractivity contribution in [1.82, 2.24) is 14.7 Å². The standard InChI is InChI=1S/C17H16Cl2F3IN4O/c18-11-2-1-3-12(8-11)25-4-6-26(7-5-25)14(28)10-27-13(9-23)15(19)16(24-27)17(20,21)22/h1-3,8H,4-7,9-10H2. The molecule has 0 atom stereocenters. The van der Waals surface area contributed by atoms with Crippen molar-refractivity contribution in [2.24, 2.45) is 0 Å². The first-order valence-electron chi connectivity index (χ1n) is 8.37. The first kappa shape index (κ1) is 21.5. The highest BCUT2D eigenvalue weighted by molar-refractivity contribution is 14.1. The van der Waals surface area contributed by atoms with Gasteiger partial charge < -0.3 is 9.80 Å². The van der Waals surface area contributed by atoms with Crippen LogP contribution in [0.3, 0.4) is 0 Å². The largest absolute Gasteiger partial charge is 0.436 e. The second-order valence-electron chi connectivity index (χ2n) is 6.25. The predicted octanol–water partition coefficient (Wildman–Crippen LogP) is 4.49. The minimum absolute atomic E-state index is 0.195. The van der Waals surface area contributed by atoms with E-state index in [-0.39, 0.29) is 22.6 Å². The highest BCUT2D eigenvalue weighted by Gasteiger charge is 2.39. The molecule has 1 aliphatic heterocycles. The van der Waals surface area contributed by atoms with Gasteiger partial charge in [0.25, 0.3) is 0 Å². The van der Waals surface area contributed by atoms with Gasteiger partial charge in [0, 0.05) is 41.3 Å². The van der Waals surface area contributed by atoms with Crippen LogP contribution in [0.2, 0.25) is 10.0 Å². The van der Waals surface area contributed by atoms with Crippen LogP contribution in [-0.2, 0) is 21.9 Å². The molecule has 3 rings (SSSR count). The van der Waals surface area contributed by atoms with Crippen LogP contribution in [-0.4, -0.2) is 46.8 Å². The number of nitrogens with zero attached hydrogens (tertiary/aromatic N) is 4. The van der Waals surface area contributed by atoms with E-state index in [0.717, 1.165) is 10.4 Å². The summed E-state index contributed by atoms with van der Waals surface area (Å²) in [5.74, 6) is -0.287. The van der Waals surface area contributed by atoms with Gasteiger partial charge in [-0.1, -0.05) is 51.9 Å². The van der Waals surface area contributed by atoms with Gasteiger partial charge in [-0.15, -0.1) is 0 Å². The Balaban J connectivity index is 1.67. The summed E-state index contributed by atoms with van der Waals surface area (Å²) >= 11 is 13.8. The summed E-state index contributed by atoms with van der Waals surface area (Å²) in [4.78, 5) is 16.3. The molecular formula is C17H16Cl2F3IN4O. The van der Waals surface area contributed by atoms with E-state index in [4.69, 9.17) is 23.2 Å². The highest BCUT2D eigenvalue weighted by Crippen LogP contribution is 2.36. The summed E-state index contributed by atoms with van der Waals surface area (Å²) < 4.78 is 40.4. The maximum absolute atomic E-state index is 13.0. The van der Waals surface area contributed by atoms with Crippen molar-refractivity contribution in [1.29, 1.82) is 0 Å². The van der Waals surface area contributed by atoms with Crippen LogP contribution >= 0.6 is 45.8 Å². The number of hydrogen-bond donors (Lipinski definition) is 0. The molecule has 0 spiro atoms. The van der Waals surface area contributed by atoms with Crippen LogP contribution in [0.5, 0.6) is 0 Å². The van der Waals surface area contributed by atoms with Crippen molar-refractivity contribution in [3.05, 3.63) is 45.7 Å². The van der Waals surface area contributed by atoms with Crippen molar-refractivity contribution < 1.29 is 18.0 Å². The monoisotopic (exact) mass is 546 g/mol. The van der Waals surface area contributed by atoms with Crippen molar-refractivity contribution >= 4 is 57.4 Å². The first-order valence-corrected chi connectivity index (χ1v) is 10.7. The Morgan fingerprint density at radius 2 is 1.86 bits per heavy atom. The number of alkyl halides is 4. The number of carbonyl (C=O) groups excluding carboxylic acids is 1. The van der Waals surface area contributed by atoms with Gasteiger partial charge in [0.15, 0.2) is 5.69 Å². The fraction of sp³-hybridized carbons (Fsp3) is 0.412. The second kappa shape index (κ2) is 8.66. The van der Waals surface area contributed by atoms with Gasteiger partial charge in [0.1, 0.15) is 6.54 Å². The summed E-state index contributed by atoms with van der Waals surface area (Å²) in [6.45, 7) is 1.88. The number of hydrogen-bond acceptors (Lipinski definition) is 3. The lowest BCUT2D eigenvalue weighted by molar-refractivity contribution is -0.142. The Labute approximate surface area is 183 Å². The number of amides is 1. The number of aromatic nitrogens is 2. The average Bonchev–Trinajstić information content (AvgIpc) is 2.97. The Morgan fingerprint density at radius 1 is 1.18 bits per heavy atom. The first-order chi connectivity index (χ1) is 13.2. The van der Waals surface area contributed by atoms with Crippen molar-refractivity contribution in [3.63, 3.8) is 0 Å². The molecule has 11 heteroatoms. The van der Waals surface area contributed by atoms with Crippen LogP contribution < -0.4 is 4.90 Å². The van der Waals surface area contributed by atoms with E-state index in [2.05, 4.69) is 10.00 Å². The predicted molar refractivity (Wildman–Crippen MR) is 110 cm³/mol. The van der Waals surface area contributed by atoms with Crippen LogP contribution in [0, 0.1) is 0 Å². The SMILES string of the molecule is O=C(Cn1nc(C(F)(F)F)c(Cl)c1CI)N1CCN(c2cccc(Cl)c2)CC1. The molecule has 1 aliphatic rings. The molecule has 1 saturated heterocycles. The molecule has 28 heavy (non-hydrogen) atoms. The van der Waals surface area contributed by atoms with E-state index in [1.54, 1.807) is 11.0 Å². The third kappa shape index (κ3) is 4.68. The van der Waals surface area contributed by atoms with E-state index in [9.17, 15) is 18.0 Å². The van der Waals surface area contributed by atoms with E-state index in [1.807, 2.05) is 40.8 Å². The second-order valence-corrected chi connectivity index (χ2v) is 7.82. The Morgan fingerprint density at radius 3 is 2.43 bits per heavy atom. The van der Waals surface area contributed by atoms with E-state index in [0.29, 0.717) is 31.2 Å². The highest BCUT2D eigenvalue weighted by atomic mass is 127. The summed E-state index contributed by atoms with van der Waals surface area (Å²) in [6, 6.07) is 7.46. The van der Waals surface area contributed by atoms with Crippen LogP contribution in [0.4, 0.5) is 18.9 Å². The van der Waals surface area contributed by atoms with Gasteiger partial charge in [-0.3, -0.25) is 9.48 Å². The van der Waals surface area contributed by atoms with Gasteiger partial charge in [0.2, 0.25) is 5.91 Å². The van der Waals surface area contributed by atoms with E-state index < -0.39 is 16.9 Å². The van der Waals surface area contributed by atoms with Crippen LogP contribution in [0.1, 0.15) is 11.4 Å². The normalized spacial score (nSPS) is 15.2. The molecule has 0 aliphatic carbocycles. The summed E-state index contributed by atoms with van der Waals surface area (Å²) in [7, 11) is 0. The molecule has 0 radical (unpaired) electrons. The third-order valence-corrected chi connectivity index (χ3v) is 5.83. The molecule has 0 bridgehead atoms. The minimum atomic E-state index is -4.66. The lowest BCUT2D eigenvalue weighted by Gasteiger charge is -2.36. The molecule has 1 aromatic carbocycles. The number of benzene rings is 1. The van der Waals surface area contributed by atoms with Gasteiger partial charge in [-0.25, -0.2) is 0 Å². The molecule has 5 nitrogen and oxygen atoms in total. The summed E-state index contributed by atoms with van der Waals surface area (Å²) in [5, 5.41) is 3.73. The molecule has 2 heterocycles. The number of piperazine rings is 1. The average molecular weight is 547 g/mol. The van der Waals surface area contributed by atoms with E-state index in [1.165, 1.54) is 0 Å². The molecule has 0 saturated carbocycles. The van der Waals surface area contributed by atoms with Crippen LogP contribution in [0.25, 0.3) is 0 Å². The summed E-state index contributed by atoms with van der Waals surface area (Å²) in [6.07, 6.45) is -4.66. The molecule has 152 valence electrons. The maximum atomic E-state index is 13.0. The summed E-state index contributed by atoms with van der Waals surface area (Å²) in [5.41, 5.74) is 0.0142.